The van der Waals surface area contributed by atoms with Gasteiger partial charge in [-0.1, -0.05) is 44.7 Å². The molecule has 1 N–H and O–H groups in total. The van der Waals surface area contributed by atoms with Gasteiger partial charge in [-0.2, -0.15) is 10.1 Å². The number of rotatable bonds is 8. The first-order valence-electron chi connectivity index (χ1n) is 9.41. The Morgan fingerprint density at radius 1 is 1.22 bits per heavy atom. The zero-order valence-electron chi connectivity index (χ0n) is 15.7. The summed E-state index contributed by atoms with van der Waals surface area (Å²) in [6.45, 7) is 4.37. The van der Waals surface area contributed by atoms with E-state index >= 15 is 0 Å². The molecule has 1 atom stereocenters. The van der Waals surface area contributed by atoms with Crippen LogP contribution in [0.5, 0.6) is 0 Å². The van der Waals surface area contributed by atoms with Crippen LogP contribution in [0, 0.1) is 5.82 Å². The van der Waals surface area contributed by atoms with Crippen molar-refractivity contribution >= 4 is 11.9 Å². The lowest BCUT2D eigenvalue weighted by Gasteiger charge is -2.28. The summed E-state index contributed by atoms with van der Waals surface area (Å²) in [4.78, 5) is 17.0. The van der Waals surface area contributed by atoms with E-state index in [0.29, 0.717) is 23.8 Å². The largest absolute Gasteiger partial charge is 0.462 e. The summed E-state index contributed by atoms with van der Waals surface area (Å²) >= 11 is 0. The molecule has 0 fully saturated rings. The van der Waals surface area contributed by atoms with Crippen LogP contribution in [0.1, 0.15) is 57.6 Å². The van der Waals surface area contributed by atoms with Gasteiger partial charge < -0.3 is 10.1 Å². The second-order valence-electron chi connectivity index (χ2n) is 6.70. The van der Waals surface area contributed by atoms with Crippen molar-refractivity contribution in [3.63, 3.8) is 0 Å². The van der Waals surface area contributed by atoms with Gasteiger partial charge in [-0.3, -0.25) is 0 Å². The quantitative estimate of drug-likeness (QED) is 0.555. The monoisotopic (exact) mass is 372 g/mol. The predicted molar refractivity (Wildman–Crippen MR) is 101 cm³/mol. The SMILES string of the molecule is CCCCCCCOC(=O)C1=C(C)Nc2ncnn2[C@@H]1c1ccc(F)cc1. The van der Waals surface area contributed by atoms with Gasteiger partial charge in [0.2, 0.25) is 5.95 Å². The summed E-state index contributed by atoms with van der Waals surface area (Å²) in [6, 6.07) is 5.56. The molecule has 0 amide bonds. The smallest absolute Gasteiger partial charge is 0.338 e. The van der Waals surface area contributed by atoms with E-state index in [0.717, 1.165) is 24.8 Å². The molecule has 2 heterocycles. The number of allylic oxidation sites excluding steroid dienone is 1. The van der Waals surface area contributed by atoms with Crippen LogP contribution in [0.4, 0.5) is 10.3 Å². The molecule has 0 unspecified atom stereocenters. The van der Waals surface area contributed by atoms with Crippen LogP contribution in [0.15, 0.2) is 41.9 Å². The first kappa shape index (κ1) is 19.1. The molecule has 144 valence electrons. The van der Waals surface area contributed by atoms with Crippen molar-refractivity contribution in [2.75, 3.05) is 11.9 Å². The number of carbonyl (C=O) groups excluding carboxylic acids is 1. The summed E-state index contributed by atoms with van der Waals surface area (Å²) in [7, 11) is 0. The average Bonchev–Trinajstić information content (AvgIpc) is 3.12. The highest BCUT2D eigenvalue weighted by Gasteiger charge is 2.34. The Labute approximate surface area is 158 Å². The van der Waals surface area contributed by atoms with E-state index in [4.69, 9.17) is 4.74 Å². The minimum atomic E-state index is -0.503. The first-order chi connectivity index (χ1) is 13.1. The lowest BCUT2D eigenvalue weighted by atomic mass is 9.96. The van der Waals surface area contributed by atoms with E-state index in [9.17, 15) is 9.18 Å². The van der Waals surface area contributed by atoms with E-state index in [2.05, 4.69) is 22.3 Å². The Morgan fingerprint density at radius 2 is 1.96 bits per heavy atom. The van der Waals surface area contributed by atoms with Gasteiger partial charge >= 0.3 is 5.97 Å². The number of hydrogen-bond acceptors (Lipinski definition) is 5. The fraction of sp³-hybridized carbons (Fsp3) is 0.450. The fourth-order valence-electron chi connectivity index (χ4n) is 3.26. The number of halogens is 1. The van der Waals surface area contributed by atoms with Crippen LogP contribution in [0.2, 0.25) is 0 Å². The molecule has 6 nitrogen and oxygen atoms in total. The number of esters is 1. The second kappa shape index (κ2) is 8.79. The van der Waals surface area contributed by atoms with Crippen LogP contribution in [0.3, 0.4) is 0 Å². The first-order valence-corrected chi connectivity index (χ1v) is 9.41. The zero-order valence-corrected chi connectivity index (χ0v) is 15.7. The van der Waals surface area contributed by atoms with Crippen molar-refractivity contribution in [1.82, 2.24) is 14.8 Å². The standard InChI is InChI=1S/C20H25FN4O2/c1-3-4-5-6-7-12-27-19(26)17-14(2)24-20-22-13-23-25(20)18(17)15-8-10-16(21)11-9-15/h8-11,13,18H,3-7,12H2,1-2H3,(H,22,23,24)/t18-/m1/s1. The van der Waals surface area contributed by atoms with E-state index < -0.39 is 6.04 Å². The molecule has 1 aliphatic rings. The number of carbonyl (C=O) groups is 1. The molecule has 1 aromatic carbocycles. The lowest BCUT2D eigenvalue weighted by Crippen LogP contribution is -2.29. The fourth-order valence-corrected chi connectivity index (χ4v) is 3.26. The maximum Gasteiger partial charge on any atom is 0.338 e. The van der Waals surface area contributed by atoms with Crippen molar-refractivity contribution in [3.05, 3.63) is 53.2 Å². The Hall–Kier alpha value is -2.70. The van der Waals surface area contributed by atoms with Gasteiger partial charge in [0, 0.05) is 5.70 Å². The average molecular weight is 372 g/mol. The van der Waals surface area contributed by atoms with Crippen molar-refractivity contribution in [2.24, 2.45) is 0 Å². The van der Waals surface area contributed by atoms with Crippen molar-refractivity contribution in [1.29, 1.82) is 0 Å². The van der Waals surface area contributed by atoms with E-state index in [1.54, 1.807) is 16.8 Å². The molecule has 0 spiro atoms. The summed E-state index contributed by atoms with van der Waals surface area (Å²) in [5.41, 5.74) is 1.88. The minimum Gasteiger partial charge on any atom is -0.462 e. The zero-order chi connectivity index (χ0) is 19.2. The number of hydrogen-bond donors (Lipinski definition) is 1. The number of ether oxygens (including phenoxy) is 1. The number of benzene rings is 1. The molecule has 27 heavy (non-hydrogen) atoms. The summed E-state index contributed by atoms with van der Waals surface area (Å²) in [6.07, 6.45) is 6.85. The topological polar surface area (TPSA) is 69.0 Å². The van der Waals surface area contributed by atoms with Crippen molar-refractivity contribution in [3.8, 4) is 0 Å². The van der Waals surface area contributed by atoms with E-state index in [1.165, 1.54) is 31.3 Å². The van der Waals surface area contributed by atoms with Crippen molar-refractivity contribution in [2.45, 2.75) is 52.0 Å². The number of anilines is 1. The molecule has 2 aromatic rings. The van der Waals surface area contributed by atoms with Crippen LogP contribution in [-0.2, 0) is 9.53 Å². The van der Waals surface area contributed by atoms with E-state index in [-0.39, 0.29) is 11.8 Å². The molecule has 1 aromatic heterocycles. The molecule has 0 bridgehead atoms. The van der Waals surface area contributed by atoms with Gasteiger partial charge in [0.25, 0.3) is 0 Å². The van der Waals surface area contributed by atoms with Gasteiger partial charge in [0.15, 0.2) is 0 Å². The van der Waals surface area contributed by atoms with Crippen LogP contribution >= 0.6 is 0 Å². The van der Waals surface area contributed by atoms with Gasteiger partial charge in [-0.05, 0) is 31.0 Å². The minimum absolute atomic E-state index is 0.330. The van der Waals surface area contributed by atoms with Gasteiger partial charge in [-0.25, -0.2) is 13.9 Å². The van der Waals surface area contributed by atoms with Crippen LogP contribution in [0.25, 0.3) is 0 Å². The molecular weight excluding hydrogens is 347 g/mol. The third kappa shape index (κ3) is 4.35. The molecular formula is C20H25FN4O2. The molecule has 1 aliphatic heterocycles. The molecule has 3 rings (SSSR count). The molecule has 0 aliphatic carbocycles. The highest BCUT2D eigenvalue weighted by atomic mass is 19.1. The number of aromatic nitrogens is 3. The molecule has 0 saturated carbocycles. The molecule has 0 saturated heterocycles. The summed E-state index contributed by atoms with van der Waals surface area (Å²) in [5, 5.41) is 7.34. The lowest BCUT2D eigenvalue weighted by molar-refractivity contribution is -0.139. The van der Waals surface area contributed by atoms with Crippen LogP contribution in [-0.4, -0.2) is 27.3 Å². The number of fused-ring (bicyclic) bond motifs is 1. The third-order valence-corrected chi connectivity index (χ3v) is 4.68. The third-order valence-electron chi connectivity index (χ3n) is 4.68. The highest BCUT2D eigenvalue weighted by Crippen LogP contribution is 2.35. The Bertz CT molecular complexity index is 814. The summed E-state index contributed by atoms with van der Waals surface area (Å²) < 4.78 is 20.5. The van der Waals surface area contributed by atoms with Gasteiger partial charge in [0.1, 0.15) is 18.2 Å². The van der Waals surface area contributed by atoms with Crippen LogP contribution < -0.4 is 5.32 Å². The summed E-state index contributed by atoms with van der Waals surface area (Å²) in [5.74, 6) is -0.174. The highest BCUT2D eigenvalue weighted by molar-refractivity contribution is 5.92. The Kier molecular flexibility index (Phi) is 6.21. The number of nitrogens with one attached hydrogen (secondary N) is 1. The molecule has 0 radical (unpaired) electrons. The number of unbranched alkanes of at least 4 members (excludes halogenated alkanes) is 4. The number of nitrogens with zero attached hydrogens (tertiary/aromatic N) is 3. The van der Waals surface area contributed by atoms with Crippen molar-refractivity contribution < 1.29 is 13.9 Å². The van der Waals surface area contributed by atoms with Gasteiger partial charge in [0.05, 0.1) is 12.2 Å². The van der Waals surface area contributed by atoms with E-state index in [1.807, 2.05) is 6.92 Å². The Morgan fingerprint density at radius 3 is 2.70 bits per heavy atom. The molecule has 7 heteroatoms. The maximum atomic E-state index is 13.4. The normalized spacial score (nSPS) is 16.0. The second-order valence-corrected chi connectivity index (χ2v) is 6.70. The maximum absolute atomic E-state index is 13.4. The Balaban J connectivity index is 1.78. The predicted octanol–water partition coefficient (Wildman–Crippen LogP) is 4.22. The van der Waals surface area contributed by atoms with Gasteiger partial charge in [-0.15, -0.1) is 0 Å².